The largest absolute Gasteiger partial charge is 0.458 e. The van der Waals surface area contributed by atoms with E-state index >= 15 is 0 Å². The van der Waals surface area contributed by atoms with Gasteiger partial charge in [0.15, 0.2) is 0 Å². The fraction of sp³-hybridized carbons (Fsp3) is 0.750. The Morgan fingerprint density at radius 2 is 1.97 bits per heavy atom. The Bertz CT molecular complexity index is 971. The van der Waals surface area contributed by atoms with Crippen LogP contribution in [0.3, 0.4) is 0 Å². The molecule has 8 heteroatoms. The summed E-state index contributed by atoms with van der Waals surface area (Å²) in [6, 6.07) is 0. The number of aliphatic hydroxyl groups is 3. The Morgan fingerprint density at radius 1 is 1.28 bits per heavy atom. The lowest BCUT2D eigenvalue weighted by molar-refractivity contribution is -0.154. The van der Waals surface area contributed by atoms with E-state index in [2.05, 4.69) is 18.8 Å². The van der Waals surface area contributed by atoms with E-state index in [1.807, 2.05) is 25.3 Å². The number of fused-ring (bicyclic) bond motifs is 1. The maximum absolute atomic E-state index is 13.4. The van der Waals surface area contributed by atoms with Gasteiger partial charge in [-0.2, -0.15) is 0 Å². The van der Waals surface area contributed by atoms with Gasteiger partial charge in [0.1, 0.15) is 16.9 Å². The minimum Gasteiger partial charge on any atom is -0.458 e. The van der Waals surface area contributed by atoms with E-state index in [0.717, 1.165) is 18.4 Å². The van der Waals surface area contributed by atoms with Crippen molar-refractivity contribution in [3.05, 3.63) is 21.7 Å². The van der Waals surface area contributed by atoms with Crippen molar-refractivity contribution in [2.24, 2.45) is 29.1 Å². The molecule has 1 aliphatic heterocycles. The molecular weight excluding hydrogens is 478 g/mol. The van der Waals surface area contributed by atoms with Crippen molar-refractivity contribution in [1.29, 1.82) is 0 Å². The lowest BCUT2D eigenvalue weighted by Gasteiger charge is -2.35. The van der Waals surface area contributed by atoms with Gasteiger partial charge in [0.2, 0.25) is 0 Å². The number of carbonyl (C=O) groups is 2. The molecule has 0 amide bonds. The van der Waals surface area contributed by atoms with Crippen molar-refractivity contribution < 1.29 is 29.6 Å². The van der Waals surface area contributed by atoms with E-state index in [4.69, 9.17) is 4.74 Å². The third-order valence-electron chi connectivity index (χ3n) is 8.76. The van der Waals surface area contributed by atoms with Crippen LogP contribution in [-0.4, -0.2) is 49.9 Å². The Hall–Kier alpha value is -1.61. The van der Waals surface area contributed by atoms with Crippen molar-refractivity contribution in [3.8, 4) is 0 Å². The molecule has 36 heavy (non-hydrogen) atoms. The number of esters is 1. The Kier molecular flexibility index (Phi) is 9.18. The number of ether oxygens (including phenoxy) is 1. The molecule has 7 nitrogen and oxygen atoms in total. The molecule has 202 valence electrons. The first-order chi connectivity index (χ1) is 16.8. The first kappa shape index (κ1) is 29.0. The zero-order valence-electron chi connectivity index (χ0n) is 22.5. The zero-order valence-corrected chi connectivity index (χ0v) is 23.3. The molecule has 1 saturated heterocycles. The first-order valence-electron chi connectivity index (χ1n) is 13.2. The number of Topliss-reactive ketones (excluding diaryl/α,β-unsaturated/α-hetero) is 1. The summed E-state index contributed by atoms with van der Waals surface area (Å²) in [6.07, 6.45) is 3.46. The molecule has 1 aromatic heterocycles. The average molecular weight is 522 g/mol. The SMILES string of the molecule is C/C(=C\c1csc(CO)n1)[C@@H]1C[C@@H]2C[C@]2(O)CCC[C@H](C)C(C)[C@@H](C)C(=O)C(C)(C)C(O)CC(=O)O1. The van der Waals surface area contributed by atoms with E-state index in [0.29, 0.717) is 35.9 Å². The number of aliphatic hydroxyl groups excluding tert-OH is 2. The quantitative estimate of drug-likeness (QED) is 0.500. The lowest BCUT2D eigenvalue weighted by atomic mass is 9.70. The normalized spacial score (nSPS) is 36.8. The number of aromatic nitrogens is 1. The molecule has 0 spiro atoms. The summed E-state index contributed by atoms with van der Waals surface area (Å²) in [5, 5.41) is 33.8. The van der Waals surface area contributed by atoms with Crippen LogP contribution in [0.5, 0.6) is 0 Å². The van der Waals surface area contributed by atoms with Crippen LogP contribution in [0.15, 0.2) is 11.0 Å². The number of cyclic esters (lactones) is 1. The minimum atomic E-state index is -1.16. The van der Waals surface area contributed by atoms with Gasteiger partial charge >= 0.3 is 5.97 Å². The van der Waals surface area contributed by atoms with Crippen LogP contribution in [0.25, 0.3) is 6.08 Å². The molecule has 3 rings (SSSR count). The molecule has 2 unspecified atom stereocenters. The number of carbonyl (C=O) groups excluding carboxylic acids is 2. The Morgan fingerprint density at radius 3 is 2.61 bits per heavy atom. The number of thiazole rings is 1. The van der Waals surface area contributed by atoms with Crippen molar-refractivity contribution in [1.82, 2.24) is 4.98 Å². The fourth-order valence-corrected chi connectivity index (χ4v) is 6.06. The van der Waals surface area contributed by atoms with Crippen LogP contribution in [0.1, 0.15) is 90.8 Å². The van der Waals surface area contributed by atoms with Crippen LogP contribution >= 0.6 is 11.3 Å². The third kappa shape index (κ3) is 6.63. The summed E-state index contributed by atoms with van der Waals surface area (Å²) in [5.41, 5.74) is -0.366. The molecule has 1 aliphatic carbocycles. The molecule has 0 aromatic carbocycles. The molecule has 2 aliphatic rings. The van der Waals surface area contributed by atoms with Crippen LogP contribution < -0.4 is 0 Å². The second-order valence-corrected chi connectivity index (χ2v) is 12.7. The highest BCUT2D eigenvalue weighted by atomic mass is 32.1. The average Bonchev–Trinajstić information content (AvgIpc) is 3.23. The second kappa shape index (κ2) is 11.4. The zero-order chi connectivity index (χ0) is 26.8. The van der Waals surface area contributed by atoms with Gasteiger partial charge in [0, 0.05) is 11.3 Å². The predicted molar refractivity (Wildman–Crippen MR) is 140 cm³/mol. The Balaban J connectivity index is 1.85. The Labute approximate surface area is 219 Å². The minimum absolute atomic E-state index is 0.0320. The van der Waals surface area contributed by atoms with E-state index in [-0.39, 0.29) is 36.6 Å². The molecule has 7 atom stereocenters. The maximum atomic E-state index is 13.4. The van der Waals surface area contributed by atoms with Crippen molar-refractivity contribution >= 4 is 29.2 Å². The van der Waals surface area contributed by atoms with E-state index in [1.165, 1.54) is 11.3 Å². The van der Waals surface area contributed by atoms with Gasteiger partial charge in [0.05, 0.1) is 35.8 Å². The molecular formula is C28H43NO6S. The summed E-state index contributed by atoms with van der Waals surface area (Å²) in [7, 11) is 0. The summed E-state index contributed by atoms with van der Waals surface area (Å²) in [4.78, 5) is 30.7. The van der Waals surface area contributed by atoms with Crippen molar-refractivity contribution in [2.75, 3.05) is 0 Å². The number of hydrogen-bond acceptors (Lipinski definition) is 8. The van der Waals surface area contributed by atoms with Gasteiger partial charge in [0.25, 0.3) is 0 Å². The predicted octanol–water partition coefficient (Wildman–Crippen LogP) is 4.53. The second-order valence-electron chi connectivity index (χ2n) is 11.8. The molecule has 3 N–H and O–H groups in total. The van der Waals surface area contributed by atoms with Gasteiger partial charge in [-0.05, 0) is 55.6 Å². The van der Waals surface area contributed by atoms with E-state index in [9.17, 15) is 24.9 Å². The molecule has 0 bridgehead atoms. The van der Waals surface area contributed by atoms with Gasteiger partial charge < -0.3 is 20.1 Å². The highest BCUT2D eigenvalue weighted by Gasteiger charge is 2.53. The van der Waals surface area contributed by atoms with Crippen molar-refractivity contribution in [3.63, 3.8) is 0 Å². The van der Waals surface area contributed by atoms with Crippen LogP contribution in [0.2, 0.25) is 0 Å². The van der Waals surface area contributed by atoms with Crippen LogP contribution in [-0.2, 0) is 20.9 Å². The highest BCUT2D eigenvalue weighted by molar-refractivity contribution is 7.09. The van der Waals surface area contributed by atoms with Gasteiger partial charge in [-0.25, -0.2) is 4.98 Å². The van der Waals surface area contributed by atoms with E-state index in [1.54, 1.807) is 13.8 Å². The van der Waals surface area contributed by atoms with Crippen molar-refractivity contribution in [2.45, 2.75) is 104 Å². The molecule has 2 fully saturated rings. The number of rotatable bonds is 3. The monoisotopic (exact) mass is 521 g/mol. The van der Waals surface area contributed by atoms with Gasteiger partial charge in [-0.1, -0.05) is 47.5 Å². The summed E-state index contributed by atoms with van der Waals surface area (Å²) < 4.78 is 5.86. The lowest BCUT2D eigenvalue weighted by Crippen LogP contribution is -2.44. The molecule has 2 heterocycles. The molecule has 1 saturated carbocycles. The summed E-state index contributed by atoms with van der Waals surface area (Å²) in [5.74, 6) is -0.417. The van der Waals surface area contributed by atoms with Crippen LogP contribution in [0.4, 0.5) is 0 Å². The summed E-state index contributed by atoms with van der Waals surface area (Å²) in [6.45, 7) is 11.3. The standard InChI is InChI=1S/C28H43NO6S/c1-16-8-7-9-28(34)13-20(28)11-22(17(2)10-21-15-36-24(14-30)29-21)35-25(32)12-23(31)27(5,6)26(33)19(4)18(16)3/h10,15-16,18-20,22-23,30-31,34H,7-9,11-14H2,1-6H3/b17-10+/t16-,18?,19+,20+,22-,23?,28+/m0/s1. The number of hydrogen-bond donors (Lipinski definition) is 3. The number of nitrogens with zero attached hydrogens (tertiary/aromatic N) is 1. The van der Waals surface area contributed by atoms with Gasteiger partial charge in [-0.15, -0.1) is 11.3 Å². The third-order valence-corrected chi connectivity index (χ3v) is 9.61. The topological polar surface area (TPSA) is 117 Å². The molecule has 1 aromatic rings. The smallest absolute Gasteiger partial charge is 0.309 e. The maximum Gasteiger partial charge on any atom is 0.309 e. The van der Waals surface area contributed by atoms with E-state index < -0.39 is 29.2 Å². The highest BCUT2D eigenvalue weighted by Crippen LogP contribution is 2.51. The number of ketones is 1. The summed E-state index contributed by atoms with van der Waals surface area (Å²) >= 11 is 1.36. The fourth-order valence-electron chi connectivity index (χ4n) is 5.45. The molecule has 0 radical (unpaired) electrons. The van der Waals surface area contributed by atoms with Crippen LogP contribution in [0, 0.1) is 29.1 Å². The van der Waals surface area contributed by atoms with Gasteiger partial charge in [-0.3, -0.25) is 9.59 Å². The first-order valence-corrected chi connectivity index (χ1v) is 14.0.